The van der Waals surface area contributed by atoms with Crippen molar-refractivity contribution in [3.8, 4) is 24.2 Å². The van der Waals surface area contributed by atoms with Crippen molar-refractivity contribution in [3.05, 3.63) is 34.9 Å². The molecule has 1 aromatic carbocycles. The van der Waals surface area contributed by atoms with Gasteiger partial charge in [-0.15, -0.1) is 6.42 Å². The van der Waals surface area contributed by atoms with Crippen LogP contribution < -0.4 is 17.0 Å². The van der Waals surface area contributed by atoms with Crippen LogP contribution in [0.3, 0.4) is 0 Å². The number of quaternary nitrogens is 1. The molecule has 0 radical (unpaired) electrons. The van der Waals surface area contributed by atoms with E-state index in [2.05, 4.69) is 31.9 Å². The topological polar surface area (TPSA) is 0 Å². The molecule has 0 spiro atoms. The molecule has 90 valence electrons. The molecule has 17 heavy (non-hydrogen) atoms. The van der Waals surface area contributed by atoms with E-state index in [9.17, 15) is 0 Å². The molecule has 1 aromatic rings. The lowest BCUT2D eigenvalue weighted by atomic mass is 10.2. The molecule has 0 bridgehead atoms. The zero-order chi connectivity index (χ0) is 12.0. The first-order valence-electron chi connectivity index (χ1n) is 5.03. The van der Waals surface area contributed by atoms with E-state index < -0.39 is 0 Å². The van der Waals surface area contributed by atoms with Gasteiger partial charge in [-0.05, 0) is 36.1 Å². The van der Waals surface area contributed by atoms with Gasteiger partial charge in [0.1, 0.15) is 13.1 Å². The third kappa shape index (κ3) is 6.39. The first kappa shape index (κ1) is 16.1. The van der Waals surface area contributed by atoms with E-state index >= 15 is 0 Å². The van der Waals surface area contributed by atoms with E-state index in [-0.39, 0.29) is 17.0 Å². The lowest BCUT2D eigenvalue weighted by Crippen LogP contribution is -3.00. The van der Waals surface area contributed by atoms with E-state index in [0.29, 0.717) is 6.54 Å². The molecule has 0 aliphatic carbocycles. The van der Waals surface area contributed by atoms with Crippen LogP contribution in [0.4, 0.5) is 0 Å². The Balaban J connectivity index is 0.00000256. The fraction of sp³-hybridized carbons (Fsp3) is 0.286. The summed E-state index contributed by atoms with van der Waals surface area (Å²) in [6.07, 6.45) is 5.29. The monoisotopic (exact) mass is 311 g/mol. The minimum Gasteiger partial charge on any atom is -1.00 e. The standard InChI is InChI=1S/C14H15ClN.BrH/c1-4-11-16(2,3)12-5-6-13-7-9-14(15)10-8-13;/h1,7-10H,11-12H2,2-3H3;1H/q+1;/p-1. The molecule has 1 rings (SSSR count). The summed E-state index contributed by atoms with van der Waals surface area (Å²) in [6.45, 7) is 1.43. The van der Waals surface area contributed by atoms with E-state index in [4.69, 9.17) is 18.0 Å². The first-order valence-corrected chi connectivity index (χ1v) is 5.41. The Hall–Kier alpha value is -0.930. The largest absolute Gasteiger partial charge is 1.00 e. The van der Waals surface area contributed by atoms with Crippen molar-refractivity contribution in [2.45, 2.75) is 0 Å². The SMILES string of the molecule is C#CC[N+](C)(C)CC#Cc1ccc(Cl)cc1.[Br-]. The Kier molecular flexibility index (Phi) is 7.00. The maximum atomic E-state index is 5.79. The number of halogens is 2. The second kappa shape index (κ2) is 7.41. The van der Waals surface area contributed by atoms with Gasteiger partial charge in [-0.25, -0.2) is 0 Å². The van der Waals surface area contributed by atoms with Crippen molar-refractivity contribution < 1.29 is 21.5 Å². The summed E-state index contributed by atoms with van der Waals surface area (Å²) < 4.78 is 0.719. The number of terminal acetylenes is 1. The molecular formula is C14H15BrClN. The van der Waals surface area contributed by atoms with Gasteiger partial charge in [0.2, 0.25) is 0 Å². The van der Waals surface area contributed by atoms with Crippen LogP contribution in [0.5, 0.6) is 0 Å². The van der Waals surface area contributed by atoms with Crippen molar-refractivity contribution in [3.63, 3.8) is 0 Å². The van der Waals surface area contributed by atoms with Gasteiger partial charge in [-0.3, -0.25) is 0 Å². The summed E-state index contributed by atoms with van der Waals surface area (Å²) in [5.41, 5.74) is 0.977. The Morgan fingerprint density at radius 3 is 2.29 bits per heavy atom. The Bertz CT molecular complexity index is 446. The van der Waals surface area contributed by atoms with Crippen LogP contribution >= 0.6 is 11.6 Å². The van der Waals surface area contributed by atoms with Gasteiger partial charge in [0.05, 0.1) is 14.1 Å². The van der Waals surface area contributed by atoms with Crippen LogP contribution in [-0.4, -0.2) is 31.7 Å². The summed E-state index contributed by atoms with van der Waals surface area (Å²) in [5, 5.41) is 0.731. The molecule has 0 heterocycles. The minimum absolute atomic E-state index is 0. The summed E-state index contributed by atoms with van der Waals surface area (Å²) in [7, 11) is 4.13. The van der Waals surface area contributed by atoms with Crippen molar-refractivity contribution in [1.82, 2.24) is 0 Å². The predicted molar refractivity (Wildman–Crippen MR) is 69.0 cm³/mol. The van der Waals surface area contributed by atoms with Gasteiger partial charge in [0, 0.05) is 10.6 Å². The molecule has 1 nitrogen and oxygen atoms in total. The summed E-state index contributed by atoms with van der Waals surface area (Å²) >= 11 is 5.79. The average Bonchev–Trinajstić information content (AvgIpc) is 2.20. The lowest BCUT2D eigenvalue weighted by molar-refractivity contribution is -0.875. The first-order chi connectivity index (χ1) is 7.53. The highest BCUT2D eigenvalue weighted by Gasteiger charge is 2.09. The van der Waals surface area contributed by atoms with E-state index in [1.807, 2.05) is 24.3 Å². The maximum absolute atomic E-state index is 5.79. The fourth-order valence-electron chi connectivity index (χ4n) is 1.19. The highest BCUT2D eigenvalue weighted by Crippen LogP contribution is 2.08. The van der Waals surface area contributed by atoms with Gasteiger partial charge in [0.25, 0.3) is 0 Å². The number of hydrogen-bond donors (Lipinski definition) is 0. The number of benzene rings is 1. The molecule has 0 saturated heterocycles. The summed E-state index contributed by atoms with van der Waals surface area (Å²) in [5.74, 6) is 8.87. The van der Waals surface area contributed by atoms with Gasteiger partial charge >= 0.3 is 0 Å². The van der Waals surface area contributed by atoms with Gasteiger partial charge < -0.3 is 21.5 Å². The maximum Gasteiger partial charge on any atom is 0.141 e. The second-order valence-electron chi connectivity index (χ2n) is 4.26. The molecule has 0 fully saturated rings. The molecule has 0 aliphatic rings. The molecule has 0 saturated carbocycles. The quantitative estimate of drug-likeness (QED) is 0.506. The Labute approximate surface area is 119 Å². The highest BCUT2D eigenvalue weighted by atomic mass is 79.9. The number of hydrogen-bond acceptors (Lipinski definition) is 0. The normalized spacial score (nSPS) is 9.53. The van der Waals surface area contributed by atoms with E-state index in [1.165, 1.54) is 0 Å². The van der Waals surface area contributed by atoms with Crippen LogP contribution in [-0.2, 0) is 0 Å². The zero-order valence-corrected chi connectivity index (χ0v) is 12.3. The Morgan fingerprint density at radius 1 is 1.18 bits per heavy atom. The van der Waals surface area contributed by atoms with E-state index in [0.717, 1.165) is 21.6 Å². The number of nitrogens with zero attached hydrogens (tertiary/aromatic N) is 1. The Morgan fingerprint density at radius 2 is 1.76 bits per heavy atom. The van der Waals surface area contributed by atoms with Crippen molar-refractivity contribution in [1.29, 1.82) is 0 Å². The van der Waals surface area contributed by atoms with E-state index in [1.54, 1.807) is 0 Å². The second-order valence-corrected chi connectivity index (χ2v) is 4.70. The third-order valence-electron chi connectivity index (χ3n) is 2.10. The van der Waals surface area contributed by atoms with Gasteiger partial charge in [-0.1, -0.05) is 17.5 Å². The highest BCUT2D eigenvalue weighted by molar-refractivity contribution is 6.30. The molecule has 3 heteroatoms. The summed E-state index contributed by atoms with van der Waals surface area (Å²) in [4.78, 5) is 0. The zero-order valence-electron chi connectivity index (χ0n) is 10.0. The van der Waals surface area contributed by atoms with Crippen LogP contribution in [0.1, 0.15) is 5.56 Å². The molecular weight excluding hydrogens is 298 g/mol. The van der Waals surface area contributed by atoms with Crippen LogP contribution in [0.2, 0.25) is 5.02 Å². The molecule has 0 atom stereocenters. The van der Waals surface area contributed by atoms with Crippen molar-refractivity contribution in [2.75, 3.05) is 27.2 Å². The molecule has 0 amide bonds. The third-order valence-corrected chi connectivity index (χ3v) is 2.36. The predicted octanol–water partition coefficient (Wildman–Crippen LogP) is -0.595. The van der Waals surface area contributed by atoms with Crippen LogP contribution in [0, 0.1) is 24.2 Å². The van der Waals surface area contributed by atoms with Gasteiger partial charge in [0.15, 0.2) is 0 Å². The van der Waals surface area contributed by atoms with Crippen molar-refractivity contribution >= 4 is 11.6 Å². The average molecular weight is 313 g/mol. The summed E-state index contributed by atoms with van der Waals surface area (Å²) in [6, 6.07) is 7.51. The molecule has 0 aliphatic heterocycles. The molecule has 0 unspecified atom stereocenters. The number of rotatable bonds is 2. The smallest absolute Gasteiger partial charge is 0.141 e. The molecule has 0 N–H and O–H groups in total. The van der Waals surface area contributed by atoms with Gasteiger partial charge in [-0.2, -0.15) is 0 Å². The lowest BCUT2D eigenvalue weighted by Gasteiger charge is -2.24. The van der Waals surface area contributed by atoms with Crippen LogP contribution in [0.15, 0.2) is 24.3 Å². The van der Waals surface area contributed by atoms with Crippen LogP contribution in [0.25, 0.3) is 0 Å². The fourth-order valence-corrected chi connectivity index (χ4v) is 1.32. The van der Waals surface area contributed by atoms with Crippen molar-refractivity contribution in [2.24, 2.45) is 0 Å². The minimum atomic E-state index is 0. The molecule has 0 aromatic heterocycles.